The van der Waals surface area contributed by atoms with Gasteiger partial charge in [0.1, 0.15) is 5.82 Å². The highest BCUT2D eigenvalue weighted by molar-refractivity contribution is 5.49. The van der Waals surface area contributed by atoms with Crippen molar-refractivity contribution in [1.29, 1.82) is 0 Å². The average molecular weight is 210 g/mol. The summed E-state index contributed by atoms with van der Waals surface area (Å²) in [6.07, 6.45) is 1.02. The molecule has 0 fully saturated rings. The molecule has 84 valence electrons. The van der Waals surface area contributed by atoms with E-state index < -0.39 is 0 Å². The van der Waals surface area contributed by atoms with Gasteiger partial charge in [-0.2, -0.15) is 0 Å². The second-order valence-corrected chi connectivity index (χ2v) is 3.57. The molecular formula is C12H19FN2. The van der Waals surface area contributed by atoms with Crippen LogP contribution in [0.3, 0.4) is 0 Å². The molecule has 3 heteroatoms. The van der Waals surface area contributed by atoms with Gasteiger partial charge in [0.05, 0.1) is 5.69 Å². The van der Waals surface area contributed by atoms with Gasteiger partial charge in [0.2, 0.25) is 0 Å². The van der Waals surface area contributed by atoms with Crippen molar-refractivity contribution in [2.75, 3.05) is 18.0 Å². The molecule has 0 atom stereocenters. The van der Waals surface area contributed by atoms with Gasteiger partial charge in [-0.05, 0) is 31.0 Å². The minimum absolute atomic E-state index is 0.173. The van der Waals surface area contributed by atoms with Gasteiger partial charge in [-0.15, -0.1) is 0 Å². The predicted octanol–water partition coefficient (Wildman–Crippen LogP) is 2.52. The van der Waals surface area contributed by atoms with E-state index in [-0.39, 0.29) is 5.82 Å². The Morgan fingerprint density at radius 1 is 1.33 bits per heavy atom. The van der Waals surface area contributed by atoms with E-state index in [9.17, 15) is 4.39 Å². The van der Waals surface area contributed by atoms with E-state index in [1.807, 2.05) is 24.0 Å². The van der Waals surface area contributed by atoms with Crippen LogP contribution < -0.4 is 10.6 Å². The number of benzene rings is 1. The molecule has 0 spiro atoms. The lowest BCUT2D eigenvalue weighted by Gasteiger charge is -2.23. The first kappa shape index (κ1) is 12.0. The SMILES string of the molecule is CCCN(CC)c1ccc(CN)cc1F. The molecule has 0 radical (unpaired) electrons. The van der Waals surface area contributed by atoms with Crippen LogP contribution in [-0.4, -0.2) is 13.1 Å². The molecule has 0 bridgehead atoms. The number of nitrogens with zero attached hydrogens (tertiary/aromatic N) is 1. The number of hydrogen-bond donors (Lipinski definition) is 1. The Balaban J connectivity index is 2.92. The van der Waals surface area contributed by atoms with E-state index in [4.69, 9.17) is 5.73 Å². The molecule has 0 heterocycles. The highest BCUT2D eigenvalue weighted by atomic mass is 19.1. The van der Waals surface area contributed by atoms with Crippen LogP contribution in [0.2, 0.25) is 0 Å². The van der Waals surface area contributed by atoms with Crippen LogP contribution in [0.1, 0.15) is 25.8 Å². The molecule has 0 aliphatic heterocycles. The number of nitrogens with two attached hydrogens (primary N) is 1. The fraction of sp³-hybridized carbons (Fsp3) is 0.500. The smallest absolute Gasteiger partial charge is 0.146 e. The second kappa shape index (κ2) is 5.71. The summed E-state index contributed by atoms with van der Waals surface area (Å²) in [6.45, 7) is 6.22. The van der Waals surface area contributed by atoms with Crippen molar-refractivity contribution >= 4 is 5.69 Å². The molecule has 1 aromatic rings. The van der Waals surface area contributed by atoms with Gasteiger partial charge in [-0.25, -0.2) is 4.39 Å². The Labute approximate surface area is 90.9 Å². The van der Waals surface area contributed by atoms with Crippen molar-refractivity contribution in [3.8, 4) is 0 Å². The first-order chi connectivity index (χ1) is 7.22. The van der Waals surface area contributed by atoms with Crippen LogP contribution >= 0.6 is 0 Å². The maximum Gasteiger partial charge on any atom is 0.146 e. The summed E-state index contributed by atoms with van der Waals surface area (Å²) in [6, 6.07) is 5.22. The largest absolute Gasteiger partial charge is 0.369 e. The van der Waals surface area contributed by atoms with Crippen LogP contribution in [0.25, 0.3) is 0 Å². The summed E-state index contributed by atoms with van der Waals surface area (Å²) in [5, 5.41) is 0. The van der Waals surface area contributed by atoms with E-state index in [2.05, 4.69) is 6.92 Å². The van der Waals surface area contributed by atoms with Crippen molar-refractivity contribution in [3.63, 3.8) is 0 Å². The highest BCUT2D eigenvalue weighted by Gasteiger charge is 2.09. The Morgan fingerprint density at radius 2 is 2.07 bits per heavy atom. The number of anilines is 1. The van der Waals surface area contributed by atoms with Crippen molar-refractivity contribution in [2.45, 2.75) is 26.8 Å². The zero-order valence-corrected chi connectivity index (χ0v) is 9.46. The van der Waals surface area contributed by atoms with E-state index in [1.165, 1.54) is 6.07 Å². The standard InChI is InChI=1S/C12H19FN2/c1-3-7-15(4-2)12-6-5-10(9-14)8-11(12)13/h5-6,8H,3-4,7,9,14H2,1-2H3. The molecule has 1 rings (SSSR count). The molecule has 0 aliphatic rings. The topological polar surface area (TPSA) is 29.3 Å². The minimum Gasteiger partial charge on any atom is -0.369 e. The van der Waals surface area contributed by atoms with Crippen LogP contribution in [0.4, 0.5) is 10.1 Å². The quantitative estimate of drug-likeness (QED) is 0.809. The summed E-state index contributed by atoms with van der Waals surface area (Å²) in [7, 11) is 0. The third kappa shape index (κ3) is 2.93. The lowest BCUT2D eigenvalue weighted by molar-refractivity contribution is 0.615. The summed E-state index contributed by atoms with van der Waals surface area (Å²) in [5.41, 5.74) is 6.97. The van der Waals surface area contributed by atoms with Crippen molar-refractivity contribution in [1.82, 2.24) is 0 Å². The Morgan fingerprint density at radius 3 is 2.53 bits per heavy atom. The zero-order chi connectivity index (χ0) is 11.3. The van der Waals surface area contributed by atoms with Crippen molar-refractivity contribution < 1.29 is 4.39 Å². The second-order valence-electron chi connectivity index (χ2n) is 3.57. The highest BCUT2D eigenvalue weighted by Crippen LogP contribution is 2.20. The maximum absolute atomic E-state index is 13.7. The molecule has 0 saturated carbocycles. The molecule has 2 nitrogen and oxygen atoms in total. The normalized spacial score (nSPS) is 10.4. The van der Waals surface area contributed by atoms with Crippen LogP contribution in [0.15, 0.2) is 18.2 Å². The fourth-order valence-corrected chi connectivity index (χ4v) is 1.65. The summed E-state index contributed by atoms with van der Waals surface area (Å²) in [4.78, 5) is 2.04. The maximum atomic E-state index is 13.7. The lowest BCUT2D eigenvalue weighted by atomic mass is 10.2. The fourth-order valence-electron chi connectivity index (χ4n) is 1.65. The van der Waals surface area contributed by atoms with Crippen LogP contribution in [-0.2, 0) is 6.54 Å². The lowest BCUT2D eigenvalue weighted by Crippen LogP contribution is -2.24. The third-order valence-electron chi connectivity index (χ3n) is 2.46. The van der Waals surface area contributed by atoms with Gasteiger partial charge in [-0.1, -0.05) is 13.0 Å². The van der Waals surface area contributed by atoms with Crippen LogP contribution in [0, 0.1) is 5.82 Å². The third-order valence-corrected chi connectivity index (χ3v) is 2.46. The van der Waals surface area contributed by atoms with E-state index in [0.29, 0.717) is 12.2 Å². The number of halogens is 1. The van der Waals surface area contributed by atoms with Gasteiger partial charge < -0.3 is 10.6 Å². The predicted molar refractivity (Wildman–Crippen MR) is 62.5 cm³/mol. The molecule has 0 aliphatic carbocycles. The van der Waals surface area contributed by atoms with E-state index in [0.717, 1.165) is 25.1 Å². The molecule has 0 amide bonds. The molecule has 0 unspecified atom stereocenters. The molecular weight excluding hydrogens is 191 g/mol. The van der Waals surface area contributed by atoms with Gasteiger partial charge >= 0.3 is 0 Å². The molecule has 2 N–H and O–H groups in total. The Bertz CT molecular complexity index is 312. The first-order valence-electron chi connectivity index (χ1n) is 5.46. The van der Waals surface area contributed by atoms with Crippen molar-refractivity contribution in [3.05, 3.63) is 29.6 Å². The van der Waals surface area contributed by atoms with Gasteiger partial charge in [-0.3, -0.25) is 0 Å². The minimum atomic E-state index is -0.173. The van der Waals surface area contributed by atoms with E-state index in [1.54, 1.807) is 0 Å². The first-order valence-corrected chi connectivity index (χ1v) is 5.46. The summed E-state index contributed by atoms with van der Waals surface area (Å²) < 4.78 is 13.7. The zero-order valence-electron chi connectivity index (χ0n) is 9.46. The summed E-state index contributed by atoms with van der Waals surface area (Å²) >= 11 is 0. The number of hydrogen-bond acceptors (Lipinski definition) is 2. The van der Waals surface area contributed by atoms with Crippen LogP contribution in [0.5, 0.6) is 0 Å². The summed E-state index contributed by atoms with van der Waals surface area (Å²) in [5.74, 6) is -0.173. The number of rotatable bonds is 5. The Kier molecular flexibility index (Phi) is 4.56. The molecule has 1 aromatic carbocycles. The Hall–Kier alpha value is -1.09. The monoisotopic (exact) mass is 210 g/mol. The van der Waals surface area contributed by atoms with Gasteiger partial charge in [0.25, 0.3) is 0 Å². The average Bonchev–Trinajstić information content (AvgIpc) is 2.26. The van der Waals surface area contributed by atoms with Gasteiger partial charge in [0.15, 0.2) is 0 Å². The van der Waals surface area contributed by atoms with Gasteiger partial charge in [0, 0.05) is 19.6 Å². The van der Waals surface area contributed by atoms with Crippen molar-refractivity contribution in [2.24, 2.45) is 5.73 Å². The molecule has 0 aromatic heterocycles. The molecule has 15 heavy (non-hydrogen) atoms. The molecule has 0 saturated heterocycles. The van der Waals surface area contributed by atoms with E-state index >= 15 is 0 Å².